The van der Waals surface area contributed by atoms with E-state index in [0.29, 0.717) is 17.1 Å². The minimum absolute atomic E-state index is 0.108. The van der Waals surface area contributed by atoms with Crippen molar-refractivity contribution in [1.29, 1.82) is 0 Å². The second-order valence-corrected chi connectivity index (χ2v) is 5.53. The number of phenols is 1. The highest BCUT2D eigenvalue weighted by atomic mass is 16.5. The molecule has 3 rings (SSSR count). The van der Waals surface area contributed by atoms with Crippen molar-refractivity contribution in [2.75, 3.05) is 7.11 Å². The first-order valence-corrected chi connectivity index (χ1v) is 7.37. The van der Waals surface area contributed by atoms with Gasteiger partial charge in [-0.1, -0.05) is 35.9 Å². The maximum absolute atomic E-state index is 10.2. The number of fused-ring (bicyclic) bond motifs is 1. The van der Waals surface area contributed by atoms with Crippen molar-refractivity contribution < 1.29 is 9.84 Å². The lowest BCUT2D eigenvalue weighted by molar-refractivity contribution is 0.415. The van der Waals surface area contributed by atoms with Crippen LogP contribution in [0.15, 0.2) is 58.8 Å². The Labute approximate surface area is 135 Å². The Balaban J connectivity index is 2.11. The molecule has 0 radical (unpaired) electrons. The zero-order valence-electron chi connectivity index (χ0n) is 13.4. The number of nitrogens with zero attached hydrogens (tertiary/aromatic N) is 2. The second-order valence-electron chi connectivity index (χ2n) is 5.53. The average Bonchev–Trinajstić information content (AvgIpc) is 2.54. The maximum Gasteiger partial charge on any atom is 0.146 e. The lowest BCUT2D eigenvalue weighted by atomic mass is 10.1. The number of azo groups is 1. The van der Waals surface area contributed by atoms with Gasteiger partial charge in [-0.2, -0.15) is 0 Å². The van der Waals surface area contributed by atoms with Gasteiger partial charge in [0.2, 0.25) is 0 Å². The fraction of sp³-hybridized carbons (Fsp3) is 0.158. The molecule has 0 aliphatic rings. The first-order valence-electron chi connectivity index (χ1n) is 7.37. The Morgan fingerprint density at radius 2 is 1.61 bits per heavy atom. The second kappa shape index (κ2) is 6.08. The Bertz CT molecular complexity index is 901. The topological polar surface area (TPSA) is 54.2 Å². The molecule has 4 heteroatoms. The Hall–Kier alpha value is -2.88. The number of rotatable bonds is 3. The van der Waals surface area contributed by atoms with Gasteiger partial charge in [0.05, 0.1) is 7.11 Å². The molecule has 0 aliphatic heterocycles. The SMILES string of the molecule is COc1ccc(C)cc1N=Nc1c(O)ccc2cc(C)ccc12. The van der Waals surface area contributed by atoms with Crippen molar-refractivity contribution in [3.8, 4) is 11.5 Å². The molecule has 0 saturated carbocycles. The van der Waals surface area contributed by atoms with Crippen LogP contribution in [-0.2, 0) is 0 Å². The van der Waals surface area contributed by atoms with E-state index in [2.05, 4.69) is 16.3 Å². The number of benzene rings is 3. The molecule has 0 heterocycles. The largest absolute Gasteiger partial charge is 0.506 e. The third kappa shape index (κ3) is 3.01. The summed E-state index contributed by atoms with van der Waals surface area (Å²) in [5.41, 5.74) is 3.33. The Morgan fingerprint density at radius 3 is 2.39 bits per heavy atom. The number of methoxy groups -OCH3 is 1. The molecule has 3 aromatic carbocycles. The summed E-state index contributed by atoms with van der Waals surface area (Å²) in [4.78, 5) is 0. The first-order chi connectivity index (χ1) is 11.1. The van der Waals surface area contributed by atoms with E-state index in [1.807, 2.05) is 50.2 Å². The van der Waals surface area contributed by atoms with Gasteiger partial charge in [-0.05, 0) is 43.0 Å². The zero-order chi connectivity index (χ0) is 16.4. The lowest BCUT2D eigenvalue weighted by Crippen LogP contribution is -1.83. The molecule has 116 valence electrons. The van der Waals surface area contributed by atoms with Gasteiger partial charge in [-0.25, -0.2) is 0 Å². The quantitative estimate of drug-likeness (QED) is 0.641. The van der Waals surface area contributed by atoms with E-state index in [4.69, 9.17) is 4.74 Å². The number of aromatic hydroxyl groups is 1. The van der Waals surface area contributed by atoms with Crippen LogP contribution in [0.25, 0.3) is 10.8 Å². The monoisotopic (exact) mass is 306 g/mol. The molecule has 1 N–H and O–H groups in total. The van der Waals surface area contributed by atoms with Crippen LogP contribution in [0.5, 0.6) is 11.5 Å². The molecule has 0 bridgehead atoms. The number of hydrogen-bond donors (Lipinski definition) is 1. The van der Waals surface area contributed by atoms with Crippen molar-refractivity contribution in [2.45, 2.75) is 13.8 Å². The zero-order valence-corrected chi connectivity index (χ0v) is 13.4. The van der Waals surface area contributed by atoms with Crippen LogP contribution in [0.1, 0.15) is 11.1 Å². The Morgan fingerprint density at radius 1 is 0.870 bits per heavy atom. The van der Waals surface area contributed by atoms with Crippen LogP contribution in [0.2, 0.25) is 0 Å². The summed E-state index contributed by atoms with van der Waals surface area (Å²) in [6.07, 6.45) is 0. The van der Waals surface area contributed by atoms with Crippen molar-refractivity contribution >= 4 is 22.1 Å². The highest BCUT2D eigenvalue weighted by molar-refractivity contribution is 5.95. The van der Waals surface area contributed by atoms with Gasteiger partial charge in [0.1, 0.15) is 22.9 Å². The fourth-order valence-electron chi connectivity index (χ4n) is 2.51. The van der Waals surface area contributed by atoms with Crippen LogP contribution in [0.3, 0.4) is 0 Å². The van der Waals surface area contributed by atoms with E-state index < -0.39 is 0 Å². The van der Waals surface area contributed by atoms with Crippen molar-refractivity contribution in [3.63, 3.8) is 0 Å². The molecule has 3 aromatic rings. The summed E-state index contributed by atoms with van der Waals surface area (Å²) < 4.78 is 5.31. The minimum atomic E-state index is 0.108. The molecule has 4 nitrogen and oxygen atoms in total. The number of ether oxygens (including phenoxy) is 1. The summed E-state index contributed by atoms with van der Waals surface area (Å²) in [5, 5.41) is 20.6. The van der Waals surface area contributed by atoms with E-state index in [-0.39, 0.29) is 5.75 Å². The van der Waals surface area contributed by atoms with Crippen molar-refractivity contribution in [3.05, 3.63) is 59.7 Å². The molecular weight excluding hydrogens is 288 g/mol. The van der Waals surface area contributed by atoms with E-state index >= 15 is 0 Å². The fourth-order valence-corrected chi connectivity index (χ4v) is 2.51. The van der Waals surface area contributed by atoms with Crippen LogP contribution >= 0.6 is 0 Å². The normalized spacial score (nSPS) is 11.3. The summed E-state index contributed by atoms with van der Waals surface area (Å²) in [6.45, 7) is 4.02. The van der Waals surface area contributed by atoms with Crippen LogP contribution < -0.4 is 4.74 Å². The molecule has 0 unspecified atom stereocenters. The third-order valence-electron chi connectivity index (χ3n) is 3.72. The highest BCUT2D eigenvalue weighted by Gasteiger charge is 2.08. The lowest BCUT2D eigenvalue weighted by Gasteiger charge is -2.06. The smallest absolute Gasteiger partial charge is 0.146 e. The van der Waals surface area contributed by atoms with Crippen LogP contribution in [0, 0.1) is 13.8 Å². The van der Waals surface area contributed by atoms with Crippen molar-refractivity contribution in [1.82, 2.24) is 0 Å². The molecule has 0 aromatic heterocycles. The van der Waals surface area contributed by atoms with E-state index in [1.54, 1.807) is 13.2 Å². The van der Waals surface area contributed by atoms with Gasteiger partial charge >= 0.3 is 0 Å². The molecule has 0 saturated heterocycles. The molecule has 0 aliphatic carbocycles. The molecule has 0 amide bonds. The number of aryl methyl sites for hydroxylation is 2. The maximum atomic E-state index is 10.2. The van der Waals surface area contributed by atoms with E-state index in [9.17, 15) is 5.11 Å². The molecule has 0 fully saturated rings. The molecule has 0 spiro atoms. The third-order valence-corrected chi connectivity index (χ3v) is 3.72. The molecule has 23 heavy (non-hydrogen) atoms. The summed E-state index contributed by atoms with van der Waals surface area (Å²) in [5.74, 6) is 0.756. The Kier molecular flexibility index (Phi) is 3.98. The van der Waals surface area contributed by atoms with Crippen molar-refractivity contribution in [2.24, 2.45) is 10.2 Å². The van der Waals surface area contributed by atoms with Gasteiger partial charge in [0, 0.05) is 5.39 Å². The van der Waals surface area contributed by atoms with Gasteiger partial charge < -0.3 is 9.84 Å². The molecule has 0 atom stereocenters. The summed E-state index contributed by atoms with van der Waals surface area (Å²) in [6, 6.07) is 15.2. The number of phenolic OH excluding ortho intramolecular Hbond substituents is 1. The number of hydrogen-bond acceptors (Lipinski definition) is 4. The van der Waals surface area contributed by atoms with Gasteiger partial charge in [0.15, 0.2) is 0 Å². The standard InChI is InChI=1S/C19H18N2O2/c1-12-4-7-15-14(10-12)6-8-17(22)19(15)21-20-16-11-13(2)5-9-18(16)23-3/h4-11,22H,1-3H3. The first kappa shape index (κ1) is 15.0. The summed E-state index contributed by atoms with van der Waals surface area (Å²) >= 11 is 0. The molecular formula is C19H18N2O2. The predicted molar refractivity (Wildman–Crippen MR) is 92.3 cm³/mol. The summed E-state index contributed by atoms with van der Waals surface area (Å²) in [7, 11) is 1.60. The van der Waals surface area contributed by atoms with E-state index in [1.165, 1.54) is 0 Å². The minimum Gasteiger partial charge on any atom is -0.506 e. The highest BCUT2D eigenvalue weighted by Crippen LogP contribution is 2.37. The van der Waals surface area contributed by atoms with E-state index in [0.717, 1.165) is 21.9 Å². The van der Waals surface area contributed by atoms with Crippen LogP contribution in [0.4, 0.5) is 11.4 Å². The van der Waals surface area contributed by atoms with Gasteiger partial charge in [-0.3, -0.25) is 0 Å². The predicted octanol–water partition coefficient (Wildman–Crippen LogP) is 5.59. The van der Waals surface area contributed by atoms with Gasteiger partial charge in [0.25, 0.3) is 0 Å². The average molecular weight is 306 g/mol. The van der Waals surface area contributed by atoms with Crippen LogP contribution in [-0.4, -0.2) is 12.2 Å². The van der Waals surface area contributed by atoms with Gasteiger partial charge in [-0.15, -0.1) is 10.2 Å².